The molecule has 32 heavy (non-hydrogen) atoms. The van der Waals surface area contributed by atoms with E-state index in [9.17, 15) is 13.2 Å². The van der Waals surface area contributed by atoms with Crippen molar-refractivity contribution >= 4 is 33.4 Å². The van der Waals surface area contributed by atoms with E-state index < -0.39 is 10.0 Å². The average molecular weight is 480 g/mol. The summed E-state index contributed by atoms with van der Waals surface area (Å²) in [6, 6.07) is 7.34. The molecule has 0 bridgehead atoms. The van der Waals surface area contributed by atoms with Crippen molar-refractivity contribution in [1.29, 1.82) is 0 Å². The summed E-state index contributed by atoms with van der Waals surface area (Å²) in [6.07, 6.45) is 2.34. The summed E-state index contributed by atoms with van der Waals surface area (Å²) in [6.45, 7) is 10.6. The van der Waals surface area contributed by atoms with Gasteiger partial charge in [-0.2, -0.15) is 0 Å². The molecule has 0 aliphatic carbocycles. The molecule has 0 radical (unpaired) electrons. The summed E-state index contributed by atoms with van der Waals surface area (Å²) in [5, 5.41) is 9.15. The number of hydrogen-bond donors (Lipinski definition) is 0. The quantitative estimate of drug-likeness (QED) is 0.541. The molecule has 0 N–H and O–H groups in total. The first-order chi connectivity index (χ1) is 15.1. The number of carbonyl (C=O) groups excluding carboxylic acids is 1. The van der Waals surface area contributed by atoms with Crippen LogP contribution in [0.2, 0.25) is 0 Å². The zero-order chi connectivity index (χ0) is 23.5. The van der Waals surface area contributed by atoms with Crippen molar-refractivity contribution in [1.82, 2.24) is 19.7 Å². The lowest BCUT2D eigenvalue weighted by molar-refractivity contribution is -0.130. The molecule has 1 aliphatic rings. The zero-order valence-corrected chi connectivity index (χ0v) is 21.1. The molecule has 8 nitrogen and oxygen atoms in total. The molecule has 1 amide bonds. The van der Waals surface area contributed by atoms with E-state index in [0.29, 0.717) is 40.8 Å². The minimum Gasteiger partial charge on any atom is -0.341 e. The molecule has 176 valence electrons. The van der Waals surface area contributed by atoms with Gasteiger partial charge in [0.1, 0.15) is 0 Å². The summed E-state index contributed by atoms with van der Waals surface area (Å²) in [7, 11) is -3.51. The molecule has 0 spiro atoms. The van der Waals surface area contributed by atoms with Crippen LogP contribution in [0.5, 0.6) is 0 Å². The molecule has 2 aromatic rings. The van der Waals surface area contributed by atoms with Crippen molar-refractivity contribution in [2.45, 2.75) is 52.4 Å². The van der Waals surface area contributed by atoms with E-state index >= 15 is 0 Å². The van der Waals surface area contributed by atoms with E-state index in [1.165, 1.54) is 22.3 Å². The Balaban J connectivity index is 1.73. The van der Waals surface area contributed by atoms with E-state index in [0.717, 1.165) is 25.1 Å². The van der Waals surface area contributed by atoms with Gasteiger partial charge < -0.3 is 9.47 Å². The van der Waals surface area contributed by atoms with Gasteiger partial charge in [0, 0.05) is 19.6 Å². The van der Waals surface area contributed by atoms with Crippen LogP contribution < -0.4 is 4.31 Å². The van der Waals surface area contributed by atoms with Crippen LogP contribution in [0.25, 0.3) is 0 Å². The standard InChI is InChI=1S/C22H33N5O3S2/c1-6-26-20(14-27(32(5,29)30)19-9-7-16(2)8-10-19)23-24-22(26)31-15-21(28)25-12-17(3)11-18(4)13-25/h7-10,17-18H,6,11-15H2,1-5H3/t17-,18+. The Bertz CT molecular complexity index is 1030. The molecule has 0 unspecified atom stereocenters. The highest BCUT2D eigenvalue weighted by Crippen LogP contribution is 2.25. The van der Waals surface area contributed by atoms with E-state index in [-0.39, 0.29) is 12.5 Å². The number of piperidine rings is 1. The van der Waals surface area contributed by atoms with Gasteiger partial charge in [-0.25, -0.2) is 8.42 Å². The number of likely N-dealkylation sites (tertiary alicyclic amines) is 1. The number of nitrogens with zero attached hydrogens (tertiary/aromatic N) is 5. The van der Waals surface area contributed by atoms with Crippen LogP contribution in [0.15, 0.2) is 29.4 Å². The summed E-state index contributed by atoms with van der Waals surface area (Å²) >= 11 is 1.36. The average Bonchev–Trinajstić information content (AvgIpc) is 3.11. The molecule has 2 atom stereocenters. The van der Waals surface area contributed by atoms with Gasteiger partial charge in [0.2, 0.25) is 15.9 Å². The van der Waals surface area contributed by atoms with Crippen LogP contribution in [0, 0.1) is 18.8 Å². The van der Waals surface area contributed by atoms with Gasteiger partial charge in [0.25, 0.3) is 0 Å². The van der Waals surface area contributed by atoms with Crippen LogP contribution >= 0.6 is 11.8 Å². The Morgan fingerprint density at radius 3 is 2.34 bits per heavy atom. The van der Waals surface area contributed by atoms with Gasteiger partial charge in [-0.3, -0.25) is 9.10 Å². The Morgan fingerprint density at radius 1 is 1.16 bits per heavy atom. The number of amides is 1. The Hall–Kier alpha value is -2.07. The fourth-order valence-electron chi connectivity index (χ4n) is 4.18. The first-order valence-electron chi connectivity index (χ1n) is 11.0. The second kappa shape index (κ2) is 10.2. The number of sulfonamides is 1. The highest BCUT2D eigenvalue weighted by Gasteiger charge is 2.26. The third-order valence-corrected chi connectivity index (χ3v) is 7.76. The van der Waals surface area contributed by atoms with Crippen molar-refractivity contribution in [2.75, 3.05) is 29.4 Å². The van der Waals surface area contributed by atoms with Crippen LogP contribution in [0.1, 0.15) is 38.6 Å². The van der Waals surface area contributed by atoms with Crippen molar-refractivity contribution < 1.29 is 13.2 Å². The fraction of sp³-hybridized carbons (Fsp3) is 0.591. The van der Waals surface area contributed by atoms with Crippen molar-refractivity contribution in [3.05, 3.63) is 35.7 Å². The monoisotopic (exact) mass is 479 g/mol. The minimum absolute atomic E-state index is 0.0817. The fourth-order valence-corrected chi connectivity index (χ4v) is 5.96. The predicted molar refractivity (Wildman–Crippen MR) is 128 cm³/mol. The molecule has 1 fully saturated rings. The second-order valence-electron chi connectivity index (χ2n) is 8.78. The lowest BCUT2D eigenvalue weighted by atomic mass is 9.92. The van der Waals surface area contributed by atoms with Gasteiger partial charge in [0.15, 0.2) is 11.0 Å². The largest absolute Gasteiger partial charge is 0.341 e. The smallest absolute Gasteiger partial charge is 0.233 e. The molecular weight excluding hydrogens is 446 g/mol. The van der Waals surface area contributed by atoms with E-state index in [2.05, 4.69) is 24.0 Å². The molecule has 0 saturated carbocycles. The normalized spacial score (nSPS) is 19.2. The van der Waals surface area contributed by atoms with Gasteiger partial charge in [0.05, 0.1) is 24.2 Å². The number of benzene rings is 1. The number of rotatable bonds is 8. The number of aryl methyl sites for hydroxylation is 1. The van der Waals surface area contributed by atoms with Gasteiger partial charge in [-0.1, -0.05) is 43.3 Å². The van der Waals surface area contributed by atoms with Crippen LogP contribution in [0.4, 0.5) is 5.69 Å². The van der Waals surface area contributed by atoms with Gasteiger partial charge >= 0.3 is 0 Å². The molecular formula is C22H33N5O3S2. The summed E-state index contributed by atoms with van der Waals surface area (Å²) in [4.78, 5) is 14.7. The van der Waals surface area contributed by atoms with Crippen LogP contribution in [0.3, 0.4) is 0 Å². The number of aromatic nitrogens is 3. The number of carbonyl (C=O) groups is 1. The van der Waals surface area contributed by atoms with Gasteiger partial charge in [-0.05, 0) is 44.2 Å². The third kappa shape index (κ3) is 6.04. The summed E-state index contributed by atoms with van der Waals surface area (Å²) in [5.74, 6) is 1.99. The number of thioether (sulfide) groups is 1. The lowest BCUT2D eigenvalue weighted by Gasteiger charge is -2.34. The van der Waals surface area contributed by atoms with Crippen LogP contribution in [-0.2, 0) is 27.9 Å². The zero-order valence-electron chi connectivity index (χ0n) is 19.5. The Labute approximate surface area is 195 Å². The van der Waals surface area contributed by atoms with E-state index in [1.807, 2.05) is 35.4 Å². The molecule has 1 aliphatic heterocycles. The SMILES string of the molecule is CCn1c(CN(c2ccc(C)cc2)S(C)(=O)=O)nnc1SCC(=O)N1C[C@H](C)C[C@H](C)C1. The molecule has 1 aromatic carbocycles. The molecule has 2 heterocycles. The highest BCUT2D eigenvalue weighted by atomic mass is 32.2. The maximum Gasteiger partial charge on any atom is 0.233 e. The Morgan fingerprint density at radius 2 is 1.78 bits per heavy atom. The van der Waals surface area contributed by atoms with E-state index in [1.54, 1.807) is 12.1 Å². The Kier molecular flexibility index (Phi) is 7.87. The summed E-state index contributed by atoms with van der Waals surface area (Å²) in [5.41, 5.74) is 1.64. The lowest BCUT2D eigenvalue weighted by Crippen LogP contribution is -2.43. The van der Waals surface area contributed by atoms with Crippen LogP contribution in [-0.4, -0.2) is 59.1 Å². The van der Waals surface area contributed by atoms with Gasteiger partial charge in [-0.15, -0.1) is 10.2 Å². The topological polar surface area (TPSA) is 88.4 Å². The number of hydrogen-bond acceptors (Lipinski definition) is 6. The molecule has 1 saturated heterocycles. The van der Waals surface area contributed by atoms with Crippen molar-refractivity contribution in [2.24, 2.45) is 11.8 Å². The minimum atomic E-state index is -3.51. The molecule has 3 rings (SSSR count). The maximum absolute atomic E-state index is 12.8. The molecule has 10 heteroatoms. The molecule has 1 aromatic heterocycles. The van der Waals surface area contributed by atoms with E-state index in [4.69, 9.17) is 0 Å². The van der Waals surface area contributed by atoms with Crippen molar-refractivity contribution in [3.63, 3.8) is 0 Å². The first-order valence-corrected chi connectivity index (χ1v) is 13.8. The second-order valence-corrected chi connectivity index (χ2v) is 11.6. The maximum atomic E-state index is 12.8. The number of anilines is 1. The predicted octanol–water partition coefficient (Wildman–Crippen LogP) is 3.17. The third-order valence-electron chi connectivity index (χ3n) is 5.66. The highest BCUT2D eigenvalue weighted by molar-refractivity contribution is 7.99. The van der Waals surface area contributed by atoms with Crippen molar-refractivity contribution in [3.8, 4) is 0 Å². The first kappa shape index (κ1) is 24.6. The summed E-state index contributed by atoms with van der Waals surface area (Å²) < 4.78 is 28.2.